The Bertz CT molecular complexity index is 431. The van der Waals surface area contributed by atoms with Crippen molar-refractivity contribution < 1.29 is 14.7 Å². The number of hydrogen-bond donors (Lipinski definition) is 1. The van der Waals surface area contributed by atoms with E-state index in [-0.39, 0.29) is 24.8 Å². The molecule has 18 heavy (non-hydrogen) atoms. The maximum absolute atomic E-state index is 12.0. The van der Waals surface area contributed by atoms with E-state index in [2.05, 4.69) is 4.98 Å². The fraction of sp³-hybridized carbons (Fsp3) is 0.417. The largest absolute Gasteiger partial charge is 0.481 e. The maximum Gasteiger partial charge on any atom is 0.305 e. The van der Waals surface area contributed by atoms with Crippen LogP contribution in [-0.4, -0.2) is 28.5 Å². The smallest absolute Gasteiger partial charge is 0.305 e. The van der Waals surface area contributed by atoms with Crippen LogP contribution in [0.25, 0.3) is 0 Å². The number of rotatable bonds is 5. The average molecular weight is 271 g/mol. The summed E-state index contributed by atoms with van der Waals surface area (Å²) in [5.74, 6) is -0.924. The van der Waals surface area contributed by atoms with Gasteiger partial charge in [0.2, 0.25) is 5.91 Å². The molecule has 1 N–H and O–H groups in total. The summed E-state index contributed by atoms with van der Waals surface area (Å²) in [4.78, 5) is 28.0. The first kappa shape index (κ1) is 14.4. The molecule has 0 saturated heterocycles. The van der Waals surface area contributed by atoms with Crippen LogP contribution >= 0.6 is 11.6 Å². The second kappa shape index (κ2) is 6.35. The molecule has 1 aromatic rings. The van der Waals surface area contributed by atoms with Crippen LogP contribution in [0.15, 0.2) is 18.3 Å². The van der Waals surface area contributed by atoms with E-state index < -0.39 is 5.97 Å². The number of aromatic nitrogens is 1. The lowest BCUT2D eigenvalue weighted by Gasteiger charge is -2.22. The van der Waals surface area contributed by atoms with E-state index in [1.807, 2.05) is 0 Å². The zero-order valence-electron chi connectivity index (χ0n) is 10.3. The van der Waals surface area contributed by atoms with E-state index in [9.17, 15) is 9.59 Å². The standard InChI is InChI=1S/C12H15ClN2O3/c1-8(2)12(18)15(6-5-11(16)17)10-4-3-9(13)7-14-10/h3-4,7-8H,5-6H2,1-2H3,(H,16,17). The minimum atomic E-state index is -0.953. The summed E-state index contributed by atoms with van der Waals surface area (Å²) in [6.07, 6.45) is 1.31. The fourth-order valence-electron chi connectivity index (χ4n) is 1.38. The lowest BCUT2D eigenvalue weighted by atomic mass is 10.2. The van der Waals surface area contributed by atoms with E-state index in [1.165, 1.54) is 11.1 Å². The van der Waals surface area contributed by atoms with Gasteiger partial charge in [-0.2, -0.15) is 0 Å². The molecule has 0 atom stereocenters. The molecule has 0 saturated carbocycles. The molecule has 1 amide bonds. The molecule has 0 aliphatic heterocycles. The van der Waals surface area contributed by atoms with E-state index >= 15 is 0 Å². The molecule has 0 aliphatic carbocycles. The molecule has 0 radical (unpaired) electrons. The average Bonchev–Trinajstić information content (AvgIpc) is 2.30. The van der Waals surface area contributed by atoms with Crippen molar-refractivity contribution in [2.45, 2.75) is 20.3 Å². The number of carbonyl (C=O) groups excluding carboxylic acids is 1. The Labute approximate surface area is 110 Å². The molecular formula is C12H15ClN2O3. The van der Waals surface area contributed by atoms with Gasteiger partial charge in [-0.05, 0) is 12.1 Å². The Morgan fingerprint density at radius 3 is 2.56 bits per heavy atom. The van der Waals surface area contributed by atoms with Crippen LogP contribution in [0.5, 0.6) is 0 Å². The normalized spacial score (nSPS) is 10.4. The predicted molar refractivity (Wildman–Crippen MR) is 68.7 cm³/mol. The van der Waals surface area contributed by atoms with Gasteiger partial charge in [0.15, 0.2) is 0 Å². The molecule has 1 rings (SSSR count). The topological polar surface area (TPSA) is 70.5 Å². The predicted octanol–water partition coefficient (Wildman–Crippen LogP) is 2.20. The van der Waals surface area contributed by atoms with Crippen molar-refractivity contribution in [3.63, 3.8) is 0 Å². The van der Waals surface area contributed by atoms with Gasteiger partial charge >= 0.3 is 5.97 Å². The van der Waals surface area contributed by atoms with Crippen molar-refractivity contribution in [2.75, 3.05) is 11.4 Å². The summed E-state index contributed by atoms with van der Waals surface area (Å²) in [6.45, 7) is 3.61. The SMILES string of the molecule is CC(C)C(=O)N(CCC(=O)O)c1ccc(Cl)cn1. The third-order valence-corrected chi connectivity index (χ3v) is 2.52. The van der Waals surface area contributed by atoms with Crippen LogP contribution in [0.4, 0.5) is 5.82 Å². The van der Waals surface area contributed by atoms with Gasteiger partial charge in [-0.1, -0.05) is 25.4 Å². The summed E-state index contributed by atoms with van der Waals surface area (Å²) in [6, 6.07) is 3.22. The number of halogens is 1. The van der Waals surface area contributed by atoms with Crippen LogP contribution in [0.2, 0.25) is 5.02 Å². The van der Waals surface area contributed by atoms with E-state index in [0.717, 1.165) is 0 Å². The molecule has 0 fully saturated rings. The van der Waals surface area contributed by atoms with Gasteiger partial charge in [-0.25, -0.2) is 4.98 Å². The zero-order valence-corrected chi connectivity index (χ0v) is 11.0. The molecule has 0 aromatic carbocycles. The minimum absolute atomic E-state index is 0.0982. The van der Waals surface area contributed by atoms with Crippen molar-refractivity contribution in [1.29, 1.82) is 0 Å². The number of anilines is 1. The molecule has 1 heterocycles. The van der Waals surface area contributed by atoms with Crippen LogP contribution in [0.1, 0.15) is 20.3 Å². The second-order valence-corrected chi connectivity index (χ2v) is 4.56. The van der Waals surface area contributed by atoms with Gasteiger partial charge in [-0.3, -0.25) is 14.5 Å². The highest BCUT2D eigenvalue weighted by atomic mass is 35.5. The lowest BCUT2D eigenvalue weighted by Crippen LogP contribution is -2.36. The minimum Gasteiger partial charge on any atom is -0.481 e. The highest BCUT2D eigenvalue weighted by molar-refractivity contribution is 6.30. The molecule has 6 heteroatoms. The highest BCUT2D eigenvalue weighted by Gasteiger charge is 2.20. The first-order valence-electron chi connectivity index (χ1n) is 5.56. The van der Waals surface area contributed by atoms with E-state index in [4.69, 9.17) is 16.7 Å². The van der Waals surface area contributed by atoms with Gasteiger partial charge < -0.3 is 5.11 Å². The Morgan fingerprint density at radius 1 is 1.44 bits per heavy atom. The van der Waals surface area contributed by atoms with Crippen molar-refractivity contribution in [2.24, 2.45) is 5.92 Å². The molecule has 98 valence electrons. The molecular weight excluding hydrogens is 256 g/mol. The van der Waals surface area contributed by atoms with Gasteiger partial charge in [-0.15, -0.1) is 0 Å². The number of nitrogens with zero attached hydrogens (tertiary/aromatic N) is 2. The Morgan fingerprint density at radius 2 is 2.11 bits per heavy atom. The molecule has 5 nitrogen and oxygen atoms in total. The number of carboxylic acid groups (broad SMARTS) is 1. The van der Waals surface area contributed by atoms with Crippen LogP contribution < -0.4 is 4.90 Å². The Hall–Kier alpha value is -1.62. The summed E-state index contributed by atoms with van der Waals surface area (Å²) < 4.78 is 0. The first-order valence-corrected chi connectivity index (χ1v) is 5.94. The Balaban J connectivity index is 2.92. The molecule has 0 bridgehead atoms. The molecule has 1 aromatic heterocycles. The van der Waals surface area contributed by atoms with Crippen molar-refractivity contribution in [3.05, 3.63) is 23.4 Å². The molecule has 0 aliphatic rings. The van der Waals surface area contributed by atoms with Gasteiger partial charge in [0.05, 0.1) is 11.4 Å². The van der Waals surface area contributed by atoms with Crippen molar-refractivity contribution >= 4 is 29.3 Å². The number of carboxylic acids is 1. The quantitative estimate of drug-likeness (QED) is 0.890. The monoisotopic (exact) mass is 270 g/mol. The lowest BCUT2D eigenvalue weighted by molar-refractivity contribution is -0.136. The Kier molecular flexibility index (Phi) is 5.09. The van der Waals surface area contributed by atoms with Gasteiger partial charge in [0.25, 0.3) is 0 Å². The van der Waals surface area contributed by atoms with Crippen molar-refractivity contribution in [1.82, 2.24) is 4.98 Å². The molecule has 0 spiro atoms. The highest BCUT2D eigenvalue weighted by Crippen LogP contribution is 2.17. The van der Waals surface area contributed by atoms with Crippen LogP contribution in [0.3, 0.4) is 0 Å². The fourth-order valence-corrected chi connectivity index (χ4v) is 1.50. The van der Waals surface area contributed by atoms with Crippen molar-refractivity contribution in [3.8, 4) is 0 Å². The van der Waals surface area contributed by atoms with Crippen LogP contribution in [-0.2, 0) is 9.59 Å². The third-order valence-electron chi connectivity index (χ3n) is 2.30. The van der Waals surface area contributed by atoms with E-state index in [1.54, 1.807) is 26.0 Å². The maximum atomic E-state index is 12.0. The van der Waals surface area contributed by atoms with Gasteiger partial charge in [0, 0.05) is 18.7 Å². The zero-order chi connectivity index (χ0) is 13.7. The number of pyridine rings is 1. The number of amides is 1. The summed E-state index contributed by atoms with van der Waals surface area (Å²) >= 11 is 5.73. The second-order valence-electron chi connectivity index (χ2n) is 4.12. The summed E-state index contributed by atoms with van der Waals surface area (Å²) in [7, 11) is 0. The number of aliphatic carboxylic acids is 1. The number of hydrogen-bond acceptors (Lipinski definition) is 3. The third kappa shape index (κ3) is 4.00. The van der Waals surface area contributed by atoms with E-state index in [0.29, 0.717) is 10.8 Å². The molecule has 0 unspecified atom stereocenters. The summed E-state index contributed by atoms with van der Waals surface area (Å²) in [5, 5.41) is 9.16. The number of carbonyl (C=O) groups is 2. The van der Waals surface area contributed by atoms with Gasteiger partial charge in [0.1, 0.15) is 5.82 Å². The first-order chi connectivity index (χ1) is 8.41. The summed E-state index contributed by atoms with van der Waals surface area (Å²) in [5.41, 5.74) is 0. The van der Waals surface area contributed by atoms with Crippen LogP contribution in [0, 0.1) is 5.92 Å².